The monoisotopic (exact) mass is 225 g/mol. The number of benzene rings is 1. The molecule has 0 saturated heterocycles. The number of fused-ring (bicyclic) bond motifs is 1. The third kappa shape index (κ3) is 1.78. The van der Waals surface area contributed by atoms with Crippen LogP contribution in [0.1, 0.15) is 25.3 Å². The van der Waals surface area contributed by atoms with Crippen molar-refractivity contribution in [2.24, 2.45) is 5.92 Å². The van der Waals surface area contributed by atoms with Crippen LogP contribution in [-0.2, 0) is 0 Å². The van der Waals surface area contributed by atoms with Gasteiger partial charge in [0.25, 0.3) is 0 Å². The summed E-state index contributed by atoms with van der Waals surface area (Å²) in [5.41, 5.74) is 2.45. The Morgan fingerprint density at radius 3 is 2.80 bits per heavy atom. The molecule has 0 saturated carbocycles. The van der Waals surface area contributed by atoms with Crippen molar-refractivity contribution < 1.29 is 4.74 Å². The average Bonchev–Trinajstić information content (AvgIpc) is 2.23. The summed E-state index contributed by atoms with van der Waals surface area (Å²) in [7, 11) is 1.65. The number of hydrogen-bond donors (Lipinski definition) is 1. The second kappa shape index (κ2) is 3.93. The lowest BCUT2D eigenvalue weighted by Crippen LogP contribution is -2.23. The Hall–Kier alpha value is -0.890. The Kier molecular flexibility index (Phi) is 2.79. The van der Waals surface area contributed by atoms with Crippen molar-refractivity contribution in [1.82, 2.24) is 0 Å². The smallest absolute Gasteiger partial charge is 0.137 e. The third-order valence-electron chi connectivity index (χ3n) is 3.28. The fourth-order valence-electron chi connectivity index (χ4n) is 2.01. The normalized spacial score (nSPS) is 24.3. The van der Waals surface area contributed by atoms with Crippen molar-refractivity contribution >= 4 is 17.3 Å². The van der Waals surface area contributed by atoms with Gasteiger partial charge in [0.2, 0.25) is 0 Å². The molecule has 15 heavy (non-hydrogen) atoms. The number of nitrogens with one attached hydrogen (secondary N) is 1. The van der Waals surface area contributed by atoms with Crippen LogP contribution in [-0.4, -0.2) is 13.7 Å². The lowest BCUT2D eigenvalue weighted by molar-refractivity contribution is 0.412. The summed E-state index contributed by atoms with van der Waals surface area (Å²) in [6, 6.07) is 4.00. The number of rotatable bonds is 1. The van der Waals surface area contributed by atoms with E-state index in [4.69, 9.17) is 16.3 Å². The van der Waals surface area contributed by atoms with Crippen LogP contribution in [0.3, 0.4) is 0 Å². The molecule has 2 atom stereocenters. The molecule has 2 rings (SSSR count). The third-order valence-corrected chi connectivity index (χ3v) is 3.58. The molecular weight excluding hydrogens is 210 g/mol. The summed E-state index contributed by atoms with van der Waals surface area (Å²) >= 11 is 6.08. The van der Waals surface area contributed by atoms with Crippen molar-refractivity contribution in [2.45, 2.75) is 19.8 Å². The molecule has 0 aliphatic carbocycles. The highest BCUT2D eigenvalue weighted by Gasteiger charge is 2.23. The molecule has 1 heterocycles. The van der Waals surface area contributed by atoms with Crippen LogP contribution in [0.25, 0.3) is 0 Å². The molecule has 1 aliphatic rings. The number of anilines is 1. The maximum absolute atomic E-state index is 6.08. The standard InChI is InChI=1S/C12H16ClNO/c1-7-6-14-11-5-10(13)12(15-3)4-9(11)8(7)2/h4-5,7-8,14H,6H2,1-3H3. The molecule has 82 valence electrons. The molecule has 0 aromatic heterocycles. The second-order valence-corrected chi connectivity index (χ2v) is 4.63. The number of ether oxygens (including phenoxy) is 1. The van der Waals surface area contributed by atoms with E-state index in [0.29, 0.717) is 16.9 Å². The lowest BCUT2D eigenvalue weighted by Gasteiger charge is -2.30. The minimum atomic E-state index is 0.549. The number of methoxy groups -OCH3 is 1. The maximum atomic E-state index is 6.08. The van der Waals surface area contributed by atoms with Crippen molar-refractivity contribution in [3.05, 3.63) is 22.7 Å². The molecular formula is C12H16ClNO. The fourth-order valence-corrected chi connectivity index (χ4v) is 2.25. The molecule has 1 aromatic rings. The Morgan fingerprint density at radius 2 is 2.13 bits per heavy atom. The lowest BCUT2D eigenvalue weighted by atomic mass is 9.85. The van der Waals surface area contributed by atoms with E-state index in [1.54, 1.807) is 7.11 Å². The molecule has 1 aromatic carbocycles. The van der Waals surface area contributed by atoms with Gasteiger partial charge in [-0.1, -0.05) is 25.4 Å². The topological polar surface area (TPSA) is 21.3 Å². The summed E-state index contributed by atoms with van der Waals surface area (Å²) in [4.78, 5) is 0. The first-order valence-corrected chi connectivity index (χ1v) is 5.62. The second-order valence-electron chi connectivity index (χ2n) is 4.22. The predicted octanol–water partition coefficient (Wildman–Crippen LogP) is 3.51. The van der Waals surface area contributed by atoms with Crippen molar-refractivity contribution in [2.75, 3.05) is 19.0 Å². The van der Waals surface area contributed by atoms with Crippen LogP contribution < -0.4 is 10.1 Å². The van der Waals surface area contributed by atoms with Gasteiger partial charge in [-0.15, -0.1) is 0 Å². The van der Waals surface area contributed by atoms with Gasteiger partial charge in [-0.3, -0.25) is 0 Å². The first kappa shape index (κ1) is 10.6. The highest BCUT2D eigenvalue weighted by Crippen LogP contribution is 2.40. The predicted molar refractivity (Wildman–Crippen MR) is 64.1 cm³/mol. The molecule has 0 amide bonds. The molecule has 0 radical (unpaired) electrons. The van der Waals surface area contributed by atoms with Crippen LogP contribution in [0.4, 0.5) is 5.69 Å². The maximum Gasteiger partial charge on any atom is 0.137 e. The van der Waals surface area contributed by atoms with E-state index < -0.39 is 0 Å². The molecule has 0 spiro atoms. The van der Waals surface area contributed by atoms with E-state index in [9.17, 15) is 0 Å². The zero-order valence-corrected chi connectivity index (χ0v) is 10.1. The van der Waals surface area contributed by atoms with E-state index in [-0.39, 0.29) is 0 Å². The average molecular weight is 226 g/mol. The highest BCUT2D eigenvalue weighted by molar-refractivity contribution is 6.32. The molecule has 2 nitrogen and oxygen atoms in total. The van der Waals surface area contributed by atoms with Crippen molar-refractivity contribution in [1.29, 1.82) is 0 Å². The van der Waals surface area contributed by atoms with Gasteiger partial charge in [0.15, 0.2) is 0 Å². The van der Waals surface area contributed by atoms with Crippen LogP contribution in [0.5, 0.6) is 5.75 Å². The van der Waals surface area contributed by atoms with E-state index in [0.717, 1.165) is 18.0 Å². The van der Waals surface area contributed by atoms with Gasteiger partial charge in [-0.05, 0) is 29.5 Å². The summed E-state index contributed by atoms with van der Waals surface area (Å²) < 4.78 is 5.23. The van der Waals surface area contributed by atoms with Gasteiger partial charge < -0.3 is 10.1 Å². The molecule has 1 aliphatic heterocycles. The molecule has 3 heteroatoms. The minimum absolute atomic E-state index is 0.549. The Labute approximate surface area is 95.6 Å². The van der Waals surface area contributed by atoms with E-state index in [2.05, 4.69) is 19.2 Å². The van der Waals surface area contributed by atoms with Crippen molar-refractivity contribution in [3.8, 4) is 5.75 Å². The van der Waals surface area contributed by atoms with Gasteiger partial charge in [0, 0.05) is 12.2 Å². The Morgan fingerprint density at radius 1 is 1.40 bits per heavy atom. The number of hydrogen-bond acceptors (Lipinski definition) is 2. The summed E-state index contributed by atoms with van der Waals surface area (Å²) in [5.74, 6) is 1.95. The SMILES string of the molecule is COc1cc2c(cc1Cl)NCC(C)C2C. The van der Waals surface area contributed by atoms with E-state index >= 15 is 0 Å². The summed E-state index contributed by atoms with van der Waals surface area (Å²) in [5, 5.41) is 4.07. The van der Waals surface area contributed by atoms with Gasteiger partial charge >= 0.3 is 0 Å². The quantitative estimate of drug-likeness (QED) is 0.790. The molecule has 0 fully saturated rings. The molecule has 0 bridgehead atoms. The number of halogens is 1. The van der Waals surface area contributed by atoms with Gasteiger partial charge in [0.1, 0.15) is 5.75 Å². The van der Waals surface area contributed by atoms with Gasteiger partial charge in [0.05, 0.1) is 12.1 Å². The Balaban J connectivity index is 2.48. The highest BCUT2D eigenvalue weighted by atomic mass is 35.5. The van der Waals surface area contributed by atoms with Gasteiger partial charge in [-0.25, -0.2) is 0 Å². The zero-order valence-electron chi connectivity index (χ0n) is 9.30. The van der Waals surface area contributed by atoms with E-state index in [1.807, 2.05) is 12.1 Å². The van der Waals surface area contributed by atoms with Crippen molar-refractivity contribution in [3.63, 3.8) is 0 Å². The first-order valence-electron chi connectivity index (χ1n) is 5.24. The minimum Gasteiger partial charge on any atom is -0.495 e. The zero-order chi connectivity index (χ0) is 11.0. The first-order chi connectivity index (χ1) is 7.13. The summed E-state index contributed by atoms with van der Waals surface area (Å²) in [6.07, 6.45) is 0. The van der Waals surface area contributed by atoms with Crippen LogP contribution in [0.15, 0.2) is 12.1 Å². The molecule has 2 unspecified atom stereocenters. The van der Waals surface area contributed by atoms with Crippen LogP contribution in [0.2, 0.25) is 5.02 Å². The summed E-state index contributed by atoms with van der Waals surface area (Å²) in [6.45, 7) is 5.51. The van der Waals surface area contributed by atoms with Crippen LogP contribution in [0, 0.1) is 5.92 Å². The van der Waals surface area contributed by atoms with E-state index in [1.165, 1.54) is 5.56 Å². The fraction of sp³-hybridized carbons (Fsp3) is 0.500. The van der Waals surface area contributed by atoms with Gasteiger partial charge in [-0.2, -0.15) is 0 Å². The van der Waals surface area contributed by atoms with Crippen LogP contribution >= 0.6 is 11.6 Å². The Bertz CT molecular complexity index is 378. The molecule has 1 N–H and O–H groups in total. The largest absolute Gasteiger partial charge is 0.495 e.